The minimum absolute atomic E-state index is 0.184. The number of carboxylic acid groups (broad SMARTS) is 2. The minimum atomic E-state index is -1.69. The molecule has 0 radical (unpaired) electrons. The normalized spacial score (nSPS) is 17.0. The van der Waals surface area contributed by atoms with Gasteiger partial charge in [-0.25, -0.2) is 9.59 Å². The lowest BCUT2D eigenvalue weighted by Gasteiger charge is -2.29. The number of rotatable bonds is 9. The molecule has 12 nitrogen and oxygen atoms in total. The number of carbonyl (C=O) groups excluding carboxylic acids is 4. The van der Waals surface area contributed by atoms with Gasteiger partial charge >= 0.3 is 18.0 Å². The van der Waals surface area contributed by atoms with Crippen molar-refractivity contribution in [2.24, 2.45) is 0 Å². The average molecular weight is 429 g/mol. The Morgan fingerprint density at radius 2 is 1.77 bits per heavy atom. The number of likely N-dealkylation sites (tertiary alicyclic amines) is 1. The first kappa shape index (κ1) is 24.9. The molecule has 0 bridgehead atoms. The summed E-state index contributed by atoms with van der Waals surface area (Å²) in [7, 11) is 0. The highest BCUT2D eigenvalue weighted by Crippen LogP contribution is 2.20. The smallest absolute Gasteiger partial charge is 0.408 e. The Morgan fingerprint density at radius 3 is 2.30 bits per heavy atom. The third kappa shape index (κ3) is 8.05. The van der Waals surface area contributed by atoms with Crippen molar-refractivity contribution < 1.29 is 43.7 Å². The number of aliphatic carboxylic acids is 2. The van der Waals surface area contributed by atoms with Gasteiger partial charge in [0.15, 0.2) is 0 Å². The molecule has 0 saturated carbocycles. The number of carboxylic acids is 2. The van der Waals surface area contributed by atoms with Crippen molar-refractivity contribution in [3.8, 4) is 0 Å². The van der Waals surface area contributed by atoms with Crippen molar-refractivity contribution in [1.82, 2.24) is 15.5 Å². The maximum atomic E-state index is 12.9. The van der Waals surface area contributed by atoms with Gasteiger partial charge in [-0.3, -0.25) is 19.2 Å². The third-order valence-electron chi connectivity index (χ3n) is 4.14. The van der Waals surface area contributed by atoms with E-state index in [1.807, 2.05) is 0 Å². The molecular weight excluding hydrogens is 402 g/mol. The number of alkyl carbamates (subject to hydrolysis) is 1. The first-order valence-corrected chi connectivity index (χ1v) is 9.37. The Morgan fingerprint density at radius 1 is 1.13 bits per heavy atom. The molecule has 0 aliphatic carbocycles. The zero-order chi connectivity index (χ0) is 23.1. The SMILES string of the molecule is CC(C)(C)OC(=O)N[C@@H](CCC(=O)O)C(=O)N1CCC[C@H]1C(=O)NCC(=O)C(=O)O. The molecule has 2 atom stereocenters. The first-order chi connectivity index (χ1) is 13.8. The van der Waals surface area contributed by atoms with E-state index in [-0.39, 0.29) is 19.4 Å². The lowest BCUT2D eigenvalue weighted by Crippen LogP contribution is -2.54. The molecule has 0 unspecified atom stereocenters. The highest BCUT2D eigenvalue weighted by Gasteiger charge is 2.38. The van der Waals surface area contributed by atoms with Gasteiger partial charge in [0.05, 0.1) is 6.54 Å². The van der Waals surface area contributed by atoms with Crippen LogP contribution in [0.15, 0.2) is 0 Å². The van der Waals surface area contributed by atoms with Crippen molar-refractivity contribution in [1.29, 1.82) is 0 Å². The Kier molecular flexibility index (Phi) is 8.75. The standard InChI is InChI=1S/C18H27N3O9/c1-18(2,3)30-17(29)20-10(6-7-13(23)24)15(26)21-8-4-5-11(21)14(25)19-9-12(22)16(27)28/h10-11H,4-9H2,1-3H3,(H,19,25)(H,20,29)(H,23,24)(H,27,28)/t10-,11-/m0/s1. The second-order valence-electron chi connectivity index (χ2n) is 7.77. The second kappa shape index (κ2) is 10.6. The molecule has 1 heterocycles. The molecule has 0 aromatic heterocycles. The molecule has 4 N–H and O–H groups in total. The quantitative estimate of drug-likeness (QED) is 0.352. The molecule has 1 rings (SSSR count). The van der Waals surface area contributed by atoms with Crippen LogP contribution in [0, 0.1) is 0 Å². The Balaban J connectivity index is 2.87. The lowest BCUT2D eigenvalue weighted by atomic mass is 10.1. The Bertz CT molecular complexity index is 714. The maximum Gasteiger partial charge on any atom is 0.408 e. The molecule has 0 aromatic carbocycles. The van der Waals surface area contributed by atoms with E-state index in [9.17, 15) is 28.8 Å². The summed E-state index contributed by atoms with van der Waals surface area (Å²) in [5, 5.41) is 22.0. The van der Waals surface area contributed by atoms with Crippen LogP contribution < -0.4 is 10.6 Å². The molecule has 1 fully saturated rings. The molecular formula is C18H27N3O9. The first-order valence-electron chi connectivity index (χ1n) is 9.37. The van der Waals surface area contributed by atoms with Gasteiger partial charge in [0, 0.05) is 13.0 Å². The molecule has 12 heteroatoms. The number of hydrogen-bond acceptors (Lipinski definition) is 7. The van der Waals surface area contributed by atoms with Crippen LogP contribution >= 0.6 is 0 Å². The predicted molar refractivity (Wildman–Crippen MR) is 100 cm³/mol. The van der Waals surface area contributed by atoms with Gasteiger partial charge in [0.2, 0.25) is 11.8 Å². The summed E-state index contributed by atoms with van der Waals surface area (Å²) in [5.74, 6) is -5.43. The van der Waals surface area contributed by atoms with E-state index < -0.39 is 66.3 Å². The van der Waals surface area contributed by atoms with Gasteiger partial charge in [-0.2, -0.15) is 0 Å². The number of ether oxygens (including phenoxy) is 1. The largest absolute Gasteiger partial charge is 0.481 e. The molecule has 1 aliphatic rings. The van der Waals surface area contributed by atoms with Gasteiger partial charge in [0.1, 0.15) is 17.7 Å². The highest BCUT2D eigenvalue weighted by molar-refractivity contribution is 6.33. The van der Waals surface area contributed by atoms with Crippen molar-refractivity contribution in [2.45, 2.75) is 64.1 Å². The van der Waals surface area contributed by atoms with Crippen molar-refractivity contribution in [2.75, 3.05) is 13.1 Å². The van der Waals surface area contributed by atoms with E-state index in [4.69, 9.17) is 14.9 Å². The van der Waals surface area contributed by atoms with E-state index >= 15 is 0 Å². The lowest BCUT2D eigenvalue weighted by molar-refractivity contribution is -0.149. The van der Waals surface area contributed by atoms with E-state index in [2.05, 4.69) is 10.6 Å². The summed E-state index contributed by atoms with van der Waals surface area (Å²) in [5.41, 5.74) is -0.836. The topological polar surface area (TPSA) is 179 Å². The number of ketones is 1. The van der Waals surface area contributed by atoms with Crippen LogP contribution in [-0.2, 0) is 28.7 Å². The molecule has 0 spiro atoms. The summed E-state index contributed by atoms with van der Waals surface area (Å²) >= 11 is 0. The van der Waals surface area contributed by atoms with Gasteiger partial charge in [-0.1, -0.05) is 0 Å². The number of amides is 3. The molecule has 30 heavy (non-hydrogen) atoms. The summed E-state index contributed by atoms with van der Waals surface area (Å²) in [4.78, 5) is 71.2. The van der Waals surface area contributed by atoms with Crippen LogP contribution in [0.4, 0.5) is 4.79 Å². The van der Waals surface area contributed by atoms with Crippen LogP contribution in [0.5, 0.6) is 0 Å². The highest BCUT2D eigenvalue weighted by atomic mass is 16.6. The van der Waals surface area contributed by atoms with Crippen LogP contribution in [-0.4, -0.2) is 81.5 Å². The fourth-order valence-electron chi connectivity index (χ4n) is 2.84. The van der Waals surface area contributed by atoms with E-state index in [1.54, 1.807) is 20.8 Å². The average Bonchev–Trinajstić information content (AvgIpc) is 3.10. The number of hydrogen-bond donors (Lipinski definition) is 4. The molecule has 3 amide bonds. The van der Waals surface area contributed by atoms with Crippen LogP contribution in [0.2, 0.25) is 0 Å². The number of nitrogens with one attached hydrogen (secondary N) is 2. The van der Waals surface area contributed by atoms with Crippen LogP contribution in [0.25, 0.3) is 0 Å². The van der Waals surface area contributed by atoms with Crippen molar-refractivity contribution >= 4 is 35.6 Å². The maximum absolute atomic E-state index is 12.9. The van der Waals surface area contributed by atoms with Crippen molar-refractivity contribution in [3.63, 3.8) is 0 Å². The fraction of sp³-hybridized carbons (Fsp3) is 0.667. The zero-order valence-corrected chi connectivity index (χ0v) is 17.1. The van der Waals surface area contributed by atoms with E-state index in [1.165, 1.54) is 4.90 Å². The predicted octanol–water partition coefficient (Wildman–Crippen LogP) is -0.495. The minimum Gasteiger partial charge on any atom is -0.481 e. The van der Waals surface area contributed by atoms with Gasteiger partial charge < -0.3 is 30.5 Å². The van der Waals surface area contributed by atoms with Crippen LogP contribution in [0.3, 0.4) is 0 Å². The summed E-state index contributed by atoms with van der Waals surface area (Å²) < 4.78 is 5.11. The molecule has 168 valence electrons. The van der Waals surface area contributed by atoms with Gasteiger partial charge in [-0.05, 0) is 40.0 Å². The molecule has 0 aromatic rings. The molecule has 1 aliphatic heterocycles. The zero-order valence-electron chi connectivity index (χ0n) is 17.1. The van der Waals surface area contributed by atoms with Crippen LogP contribution in [0.1, 0.15) is 46.5 Å². The number of nitrogens with zero attached hydrogens (tertiary/aromatic N) is 1. The Hall–Kier alpha value is -3.18. The summed E-state index contributed by atoms with van der Waals surface area (Å²) in [6.07, 6.45) is -0.774. The monoisotopic (exact) mass is 429 g/mol. The number of Topliss-reactive ketones (excluding diaryl/α,β-unsaturated/α-hetero) is 1. The van der Waals surface area contributed by atoms with Gasteiger partial charge in [0.25, 0.3) is 5.78 Å². The van der Waals surface area contributed by atoms with E-state index in [0.717, 1.165) is 0 Å². The molecule has 1 saturated heterocycles. The summed E-state index contributed by atoms with van der Waals surface area (Å²) in [6.45, 7) is 4.34. The van der Waals surface area contributed by atoms with E-state index in [0.29, 0.717) is 6.42 Å². The van der Waals surface area contributed by atoms with Gasteiger partial charge in [-0.15, -0.1) is 0 Å². The summed E-state index contributed by atoms with van der Waals surface area (Å²) in [6, 6.07) is -2.20. The Labute approximate surface area is 172 Å². The fourth-order valence-corrected chi connectivity index (χ4v) is 2.84. The second-order valence-corrected chi connectivity index (χ2v) is 7.77. The third-order valence-corrected chi connectivity index (χ3v) is 4.14. The van der Waals surface area contributed by atoms with Crippen molar-refractivity contribution in [3.05, 3.63) is 0 Å². The number of carbonyl (C=O) groups is 6.